The van der Waals surface area contributed by atoms with Crippen LogP contribution in [0, 0.1) is 5.92 Å². The number of hydrogen-bond donors (Lipinski definition) is 1. The van der Waals surface area contributed by atoms with E-state index in [1.807, 2.05) is 42.3 Å². The van der Waals surface area contributed by atoms with E-state index in [0.29, 0.717) is 13.2 Å². The fourth-order valence-corrected chi connectivity index (χ4v) is 1.80. The Labute approximate surface area is 114 Å². The Morgan fingerprint density at radius 3 is 2.79 bits per heavy atom. The number of carbonyl (C=O) groups excluding carboxylic acids is 1. The summed E-state index contributed by atoms with van der Waals surface area (Å²) in [7, 11) is 1.94. The van der Waals surface area contributed by atoms with Gasteiger partial charge < -0.3 is 10.1 Å². The van der Waals surface area contributed by atoms with Crippen LogP contribution in [-0.4, -0.2) is 44.1 Å². The van der Waals surface area contributed by atoms with Crippen molar-refractivity contribution < 1.29 is 9.53 Å². The standard InChI is InChI=1S/C15H22N2O2/c1-17(12-15(18)16-11-13-7-8-13)9-10-19-14-5-3-2-4-6-14/h2-6,13H,7-12H2,1H3,(H,16,18). The van der Waals surface area contributed by atoms with Crippen LogP contribution < -0.4 is 10.1 Å². The summed E-state index contributed by atoms with van der Waals surface area (Å²) >= 11 is 0. The van der Waals surface area contributed by atoms with E-state index in [0.717, 1.165) is 24.8 Å². The van der Waals surface area contributed by atoms with Gasteiger partial charge in [-0.25, -0.2) is 0 Å². The number of benzene rings is 1. The molecule has 1 fully saturated rings. The molecule has 0 bridgehead atoms. The molecule has 0 spiro atoms. The van der Waals surface area contributed by atoms with E-state index in [4.69, 9.17) is 4.74 Å². The molecule has 1 aliphatic rings. The minimum Gasteiger partial charge on any atom is -0.492 e. The maximum atomic E-state index is 11.6. The normalized spacial score (nSPS) is 14.4. The first-order valence-electron chi connectivity index (χ1n) is 6.87. The van der Waals surface area contributed by atoms with E-state index < -0.39 is 0 Å². The molecule has 19 heavy (non-hydrogen) atoms. The number of carbonyl (C=O) groups is 1. The minimum atomic E-state index is 0.106. The van der Waals surface area contributed by atoms with E-state index >= 15 is 0 Å². The Morgan fingerprint density at radius 2 is 2.11 bits per heavy atom. The van der Waals surface area contributed by atoms with Crippen molar-refractivity contribution in [3.63, 3.8) is 0 Å². The maximum Gasteiger partial charge on any atom is 0.234 e. The molecule has 0 aromatic heterocycles. The monoisotopic (exact) mass is 262 g/mol. The van der Waals surface area contributed by atoms with Crippen molar-refractivity contribution >= 4 is 5.91 Å². The topological polar surface area (TPSA) is 41.6 Å². The van der Waals surface area contributed by atoms with Gasteiger partial charge in [-0.15, -0.1) is 0 Å². The van der Waals surface area contributed by atoms with Crippen molar-refractivity contribution in [2.45, 2.75) is 12.8 Å². The number of likely N-dealkylation sites (N-methyl/N-ethyl adjacent to an activating group) is 1. The molecule has 1 N–H and O–H groups in total. The van der Waals surface area contributed by atoms with Crippen molar-refractivity contribution in [2.75, 3.05) is 33.3 Å². The van der Waals surface area contributed by atoms with Crippen LogP contribution in [0.1, 0.15) is 12.8 Å². The van der Waals surface area contributed by atoms with Crippen LogP contribution in [0.5, 0.6) is 5.75 Å². The van der Waals surface area contributed by atoms with Crippen molar-refractivity contribution in [2.24, 2.45) is 5.92 Å². The van der Waals surface area contributed by atoms with Gasteiger partial charge in [0.15, 0.2) is 0 Å². The van der Waals surface area contributed by atoms with Gasteiger partial charge in [-0.3, -0.25) is 9.69 Å². The first-order valence-corrected chi connectivity index (χ1v) is 6.87. The second kappa shape index (κ2) is 7.14. The van der Waals surface area contributed by atoms with Crippen LogP contribution in [-0.2, 0) is 4.79 Å². The number of hydrogen-bond acceptors (Lipinski definition) is 3. The first kappa shape index (κ1) is 13.9. The van der Waals surface area contributed by atoms with Crippen molar-refractivity contribution in [3.05, 3.63) is 30.3 Å². The predicted octanol–water partition coefficient (Wildman–Crippen LogP) is 1.52. The molecule has 2 rings (SSSR count). The fraction of sp³-hybridized carbons (Fsp3) is 0.533. The van der Waals surface area contributed by atoms with Crippen LogP contribution in [0.3, 0.4) is 0 Å². The Balaban J connectivity index is 1.55. The fourth-order valence-electron chi connectivity index (χ4n) is 1.80. The molecule has 0 radical (unpaired) electrons. The second-order valence-electron chi connectivity index (χ2n) is 5.15. The molecule has 1 aromatic carbocycles. The Kier molecular flexibility index (Phi) is 5.21. The van der Waals surface area contributed by atoms with Crippen molar-refractivity contribution in [3.8, 4) is 5.75 Å². The summed E-state index contributed by atoms with van der Waals surface area (Å²) in [5.41, 5.74) is 0. The average molecular weight is 262 g/mol. The lowest BCUT2D eigenvalue weighted by Gasteiger charge is -2.16. The van der Waals surface area contributed by atoms with Gasteiger partial charge in [0.25, 0.3) is 0 Å². The molecule has 4 nitrogen and oxygen atoms in total. The van der Waals surface area contributed by atoms with Gasteiger partial charge in [0.2, 0.25) is 5.91 Å². The highest BCUT2D eigenvalue weighted by molar-refractivity contribution is 5.77. The Bertz CT molecular complexity index is 390. The van der Waals surface area contributed by atoms with Crippen molar-refractivity contribution in [1.82, 2.24) is 10.2 Å². The summed E-state index contributed by atoms with van der Waals surface area (Å²) in [5.74, 6) is 1.71. The summed E-state index contributed by atoms with van der Waals surface area (Å²) in [6.07, 6.45) is 2.53. The number of rotatable bonds is 8. The molecule has 0 saturated heterocycles. The smallest absolute Gasteiger partial charge is 0.234 e. The average Bonchev–Trinajstić information content (AvgIpc) is 3.21. The summed E-state index contributed by atoms with van der Waals surface area (Å²) in [5, 5.41) is 2.96. The Hall–Kier alpha value is -1.55. The summed E-state index contributed by atoms with van der Waals surface area (Å²) in [4.78, 5) is 13.6. The van der Waals surface area contributed by atoms with E-state index in [1.165, 1.54) is 12.8 Å². The van der Waals surface area contributed by atoms with Gasteiger partial charge in [-0.1, -0.05) is 18.2 Å². The number of nitrogens with one attached hydrogen (secondary N) is 1. The van der Waals surface area contributed by atoms with Gasteiger partial charge in [-0.2, -0.15) is 0 Å². The molecule has 1 amide bonds. The molecule has 0 unspecified atom stereocenters. The van der Waals surface area contributed by atoms with Crippen LogP contribution in [0.15, 0.2) is 30.3 Å². The Morgan fingerprint density at radius 1 is 1.37 bits per heavy atom. The van der Waals surface area contributed by atoms with Crippen molar-refractivity contribution in [1.29, 1.82) is 0 Å². The lowest BCUT2D eigenvalue weighted by molar-refractivity contribution is -0.122. The SMILES string of the molecule is CN(CCOc1ccccc1)CC(=O)NCC1CC1. The molecular formula is C15H22N2O2. The van der Waals surface area contributed by atoms with E-state index in [9.17, 15) is 4.79 Å². The number of para-hydroxylation sites is 1. The molecular weight excluding hydrogens is 240 g/mol. The number of nitrogens with zero attached hydrogens (tertiary/aromatic N) is 1. The molecule has 0 aliphatic heterocycles. The number of amides is 1. The largest absolute Gasteiger partial charge is 0.492 e. The molecule has 1 saturated carbocycles. The highest BCUT2D eigenvalue weighted by Crippen LogP contribution is 2.27. The van der Waals surface area contributed by atoms with E-state index in [2.05, 4.69) is 5.32 Å². The lowest BCUT2D eigenvalue weighted by atomic mass is 10.3. The minimum absolute atomic E-state index is 0.106. The molecule has 0 atom stereocenters. The lowest BCUT2D eigenvalue weighted by Crippen LogP contribution is -2.37. The molecule has 1 aromatic rings. The van der Waals surface area contributed by atoms with E-state index in [1.54, 1.807) is 0 Å². The highest BCUT2D eigenvalue weighted by atomic mass is 16.5. The third-order valence-corrected chi connectivity index (χ3v) is 3.18. The van der Waals surface area contributed by atoms with Crippen LogP contribution in [0.25, 0.3) is 0 Å². The summed E-state index contributed by atoms with van der Waals surface area (Å²) in [6, 6.07) is 9.72. The molecule has 0 heterocycles. The third kappa shape index (κ3) is 5.75. The summed E-state index contributed by atoms with van der Waals surface area (Å²) in [6.45, 7) is 2.61. The summed E-state index contributed by atoms with van der Waals surface area (Å²) < 4.78 is 5.59. The van der Waals surface area contributed by atoms with Gasteiger partial charge in [0.05, 0.1) is 6.54 Å². The predicted molar refractivity (Wildman–Crippen MR) is 75.2 cm³/mol. The zero-order chi connectivity index (χ0) is 13.5. The quantitative estimate of drug-likeness (QED) is 0.772. The van der Waals surface area contributed by atoms with Crippen LogP contribution in [0.2, 0.25) is 0 Å². The zero-order valence-electron chi connectivity index (χ0n) is 11.5. The maximum absolute atomic E-state index is 11.6. The van der Waals surface area contributed by atoms with Gasteiger partial charge in [-0.05, 0) is 37.9 Å². The number of ether oxygens (including phenoxy) is 1. The van der Waals surface area contributed by atoms with Crippen LogP contribution >= 0.6 is 0 Å². The molecule has 104 valence electrons. The second-order valence-corrected chi connectivity index (χ2v) is 5.15. The van der Waals surface area contributed by atoms with E-state index in [-0.39, 0.29) is 5.91 Å². The zero-order valence-corrected chi connectivity index (χ0v) is 11.5. The molecule has 4 heteroatoms. The van der Waals surface area contributed by atoms with Gasteiger partial charge >= 0.3 is 0 Å². The van der Waals surface area contributed by atoms with Crippen LogP contribution in [0.4, 0.5) is 0 Å². The molecule has 1 aliphatic carbocycles. The highest BCUT2D eigenvalue weighted by Gasteiger charge is 2.21. The third-order valence-electron chi connectivity index (χ3n) is 3.18. The van der Waals surface area contributed by atoms with Gasteiger partial charge in [0, 0.05) is 13.1 Å². The first-order chi connectivity index (χ1) is 9.24. The van der Waals surface area contributed by atoms with Gasteiger partial charge in [0.1, 0.15) is 12.4 Å².